The molecule has 5 heterocycles. The van der Waals surface area contributed by atoms with Crippen LogP contribution in [0, 0.1) is 23.7 Å². The summed E-state index contributed by atoms with van der Waals surface area (Å²) in [6.45, 7) is 12.9. The molecule has 5 fully saturated rings. The number of nitrogens with two attached hydrogens (primary N) is 2. The summed E-state index contributed by atoms with van der Waals surface area (Å²) in [5.41, 5.74) is 11.1. The summed E-state index contributed by atoms with van der Waals surface area (Å²) in [5.74, 6) is -18.0. The predicted molar refractivity (Wildman–Crippen MR) is 397 cm³/mol. The van der Waals surface area contributed by atoms with E-state index < -0.39 is 228 Å². The van der Waals surface area contributed by atoms with Crippen molar-refractivity contribution >= 4 is 122 Å². The normalized spacial score (nSPS) is 29.5. The third kappa shape index (κ3) is 26.3. The quantitative estimate of drug-likeness (QED) is 0.0301. The molecule has 0 unspecified atom stereocenters. The number of guanidine groups is 1. The molecular formula is C69H114N18O19S2. The van der Waals surface area contributed by atoms with Crippen molar-refractivity contribution in [2.24, 2.45) is 40.1 Å². The Balaban J connectivity index is 1.68. The maximum atomic E-state index is 15.3. The first-order chi connectivity index (χ1) is 51.2. The fourth-order valence-corrected chi connectivity index (χ4v) is 15.5. The summed E-state index contributed by atoms with van der Waals surface area (Å²) in [4.78, 5) is 238. The van der Waals surface area contributed by atoms with Crippen LogP contribution in [0.5, 0.6) is 0 Å². The number of fused-ring (bicyclic) bond motifs is 8. The minimum atomic E-state index is -1.92. The van der Waals surface area contributed by atoms with E-state index in [1.807, 2.05) is 0 Å². The van der Waals surface area contributed by atoms with E-state index in [1.54, 1.807) is 55.4 Å². The van der Waals surface area contributed by atoms with Gasteiger partial charge in [-0.1, -0.05) is 96.2 Å². The number of hydrogen-bond acceptors (Lipinski definition) is 21. The molecule has 5 aliphatic heterocycles. The lowest BCUT2D eigenvalue weighted by molar-refractivity contribution is -0.148. The molecule has 0 spiro atoms. The van der Waals surface area contributed by atoms with Gasteiger partial charge in [0.1, 0.15) is 84.6 Å². The average molecular weight is 1560 g/mol. The van der Waals surface area contributed by atoms with Gasteiger partial charge in [0.25, 0.3) is 0 Å². The average Bonchev–Trinajstić information content (AvgIpc) is 1.64. The van der Waals surface area contributed by atoms with Crippen LogP contribution in [0.1, 0.15) is 165 Å². The van der Waals surface area contributed by atoms with Gasteiger partial charge in [-0.05, 0) is 101 Å². The Hall–Kier alpha value is -8.59. The molecule has 0 saturated carbocycles. The molecule has 0 aliphatic carbocycles. The largest absolute Gasteiger partial charge is 0.481 e. The van der Waals surface area contributed by atoms with Gasteiger partial charge < -0.3 is 105 Å². The Labute approximate surface area is 637 Å². The maximum absolute atomic E-state index is 15.3. The molecule has 17 atom stereocenters. The molecule has 39 heteroatoms. The molecule has 19 N–H and O–H groups in total. The first-order valence-corrected chi connectivity index (χ1v) is 39.9. The zero-order chi connectivity index (χ0) is 80.2. The lowest BCUT2D eigenvalue weighted by Crippen LogP contribution is -2.62. The van der Waals surface area contributed by atoms with E-state index in [2.05, 4.69) is 68.8 Å². The lowest BCUT2D eigenvalue weighted by atomic mass is 9.96. The summed E-state index contributed by atoms with van der Waals surface area (Å²) < 4.78 is 0. The molecule has 5 rings (SSSR count). The van der Waals surface area contributed by atoms with E-state index in [-0.39, 0.29) is 128 Å². The number of aliphatic hydroxyl groups excluding tert-OH is 2. The van der Waals surface area contributed by atoms with Crippen LogP contribution in [0.25, 0.3) is 0 Å². The van der Waals surface area contributed by atoms with Gasteiger partial charge in [-0.25, -0.2) is 0 Å². The predicted octanol–water partition coefficient (Wildman–Crippen LogP) is -4.30. The second kappa shape index (κ2) is 44.2. The van der Waals surface area contributed by atoms with Crippen molar-refractivity contribution in [3.8, 4) is 0 Å². The molecule has 15 amide bonds. The molecule has 0 radical (unpaired) electrons. The molecular weight excluding hydrogens is 1450 g/mol. The number of nitrogens with one attached hydrogen (secondary N) is 12. The van der Waals surface area contributed by atoms with Crippen LogP contribution in [-0.2, 0) is 76.7 Å². The Bertz CT molecular complexity index is 3240. The number of carbonyl (C=O) groups is 16. The van der Waals surface area contributed by atoms with E-state index in [4.69, 9.17) is 11.5 Å². The van der Waals surface area contributed by atoms with Crippen molar-refractivity contribution in [1.82, 2.24) is 78.5 Å². The Morgan fingerprint density at radius 3 is 1.43 bits per heavy atom. The fraction of sp³-hybridized carbons (Fsp3) is 0.754. The Kier molecular flexibility index (Phi) is 36.8. The van der Waals surface area contributed by atoms with Gasteiger partial charge in [0.05, 0.1) is 19.6 Å². The number of carboxylic acid groups (broad SMARTS) is 1. The summed E-state index contributed by atoms with van der Waals surface area (Å²) in [6, 6.07) is -20.7. The van der Waals surface area contributed by atoms with Crippen molar-refractivity contribution < 1.29 is 92.0 Å². The third-order valence-corrected chi connectivity index (χ3v) is 22.5. The zero-order valence-electron chi connectivity index (χ0n) is 63.2. The maximum Gasteiger partial charge on any atom is 0.305 e. The van der Waals surface area contributed by atoms with E-state index >= 15 is 14.4 Å². The monoisotopic (exact) mass is 1560 g/mol. The minimum absolute atomic E-state index is 0.00457. The summed E-state index contributed by atoms with van der Waals surface area (Å²) in [5, 5.41) is 62.7. The molecule has 2 bridgehead atoms. The number of amides is 15. The van der Waals surface area contributed by atoms with Gasteiger partial charge in [0.2, 0.25) is 88.6 Å². The van der Waals surface area contributed by atoms with Gasteiger partial charge in [-0.2, -0.15) is 0 Å². The summed E-state index contributed by atoms with van der Waals surface area (Å²) in [7, 11) is 1.71. The van der Waals surface area contributed by atoms with Crippen molar-refractivity contribution in [2.45, 2.75) is 250 Å². The van der Waals surface area contributed by atoms with Gasteiger partial charge in [-0.15, -0.1) is 0 Å². The highest BCUT2D eigenvalue weighted by Crippen LogP contribution is 2.29. The van der Waals surface area contributed by atoms with Crippen LogP contribution < -0.4 is 75.3 Å². The number of carboxylic acids is 1. The fourth-order valence-electron chi connectivity index (χ4n) is 13.2. The number of aliphatic carboxylic acids is 1. The second-order valence-electron chi connectivity index (χ2n) is 28.8. The van der Waals surface area contributed by atoms with Crippen LogP contribution in [-0.4, -0.2) is 273 Å². The van der Waals surface area contributed by atoms with Crippen molar-refractivity contribution in [3.05, 3.63) is 0 Å². The number of aliphatic hydroxyl groups is 2. The SMILES string of the molecule is CC[C@H](C)[C@@H]1NC(=O)[C@H](C)NC(=O)CCCCNC(=O)[C@H](CC(=O)O)NC(=O)[C@@H]2CCCN2C(=O)[C@H]([C@@H](C)CC)NC(=O)[C@@H]2CSSC[C@H](NC1=O)C(=O)N[C@@H](CO)C(=O)N[C@@H](CCCN=C(N)N)C(=O)N[C@@H](CO)C(=O)N[C@@H](CC(C)C)C(=O)N1CCC[C@H]1C(=O)N1CCC[C@H]1C(=O)N[C@@H]([C@@H](C)CC)C(=O)N2. The number of nitrogens with zero attached hydrogens (tertiary/aromatic N) is 4. The Morgan fingerprint density at radius 1 is 0.481 bits per heavy atom. The summed E-state index contributed by atoms with van der Waals surface area (Å²) >= 11 is 0. The van der Waals surface area contributed by atoms with Gasteiger partial charge in [0, 0.05) is 50.7 Å². The van der Waals surface area contributed by atoms with Gasteiger partial charge in [0.15, 0.2) is 5.96 Å². The molecule has 108 heavy (non-hydrogen) atoms. The third-order valence-electron chi connectivity index (χ3n) is 20.1. The smallest absolute Gasteiger partial charge is 0.305 e. The second-order valence-corrected chi connectivity index (χ2v) is 31.3. The highest BCUT2D eigenvalue weighted by molar-refractivity contribution is 8.76. The van der Waals surface area contributed by atoms with E-state index in [1.165, 1.54) is 21.6 Å². The van der Waals surface area contributed by atoms with Crippen molar-refractivity contribution in [1.29, 1.82) is 0 Å². The van der Waals surface area contributed by atoms with Gasteiger partial charge in [-0.3, -0.25) is 81.7 Å². The molecule has 5 saturated heterocycles. The highest BCUT2D eigenvalue weighted by Gasteiger charge is 2.47. The Morgan fingerprint density at radius 2 is 0.917 bits per heavy atom. The van der Waals surface area contributed by atoms with Crippen LogP contribution in [0.2, 0.25) is 0 Å². The molecule has 0 aromatic carbocycles. The van der Waals surface area contributed by atoms with Crippen molar-refractivity contribution in [3.63, 3.8) is 0 Å². The van der Waals surface area contributed by atoms with Gasteiger partial charge >= 0.3 is 5.97 Å². The number of aliphatic imine (C=N–C) groups is 1. The lowest BCUT2D eigenvalue weighted by Gasteiger charge is -2.34. The van der Waals surface area contributed by atoms with E-state index in [0.29, 0.717) is 12.8 Å². The molecule has 37 nitrogen and oxygen atoms in total. The molecule has 606 valence electrons. The first kappa shape index (κ1) is 90.0. The minimum Gasteiger partial charge on any atom is -0.481 e. The van der Waals surface area contributed by atoms with Crippen LogP contribution in [0.4, 0.5) is 0 Å². The highest BCUT2D eigenvalue weighted by atomic mass is 33.1. The van der Waals surface area contributed by atoms with Crippen LogP contribution in [0.15, 0.2) is 4.99 Å². The van der Waals surface area contributed by atoms with Crippen LogP contribution in [0.3, 0.4) is 0 Å². The summed E-state index contributed by atoms with van der Waals surface area (Å²) in [6.07, 6.45) is 1.20. The number of rotatable bonds is 16. The molecule has 5 aliphatic rings. The first-order valence-electron chi connectivity index (χ1n) is 37.5. The van der Waals surface area contributed by atoms with E-state index in [9.17, 15) is 77.6 Å². The number of hydrogen-bond donors (Lipinski definition) is 17. The van der Waals surface area contributed by atoms with Crippen LogP contribution >= 0.6 is 21.6 Å². The number of carbonyl (C=O) groups excluding carboxylic acids is 15. The standard InChI is InChI=1S/C69H114N18O19S2/c1-10-36(6)52-64(102)80-45-33-107-108-34-46(61(99)84-54(38(8)12-3)68(106)86-27-17-20-47(86)62(100)76-41(30-51(91)92)56(94)72-24-14-13-23-50(90)74-39(9)55(93)82-52)81-65(103)53(37(7)11-2)83-63(101)48-21-16-26-85(48)67(105)49-22-18-28-87(49)66(104)42(29-35(4)5)77-59(97)44(32-89)78-57(95)40(19-15-25-73-69(70)71)75-58(96)43(31-88)79-60(45)98/h35-49,52-54,88-89H,10-34H2,1-9H3,(H,72,94)(H,74,90)(H,75,96)(H,76,100)(H,77,97)(H,78,95)(H,79,98)(H,80,102)(H,81,103)(H,82,93)(H,83,101)(H,84,99)(H,91,92)(H4,70,71,73)/t36-,37-,38-,39-,40-,41-,42-,43-,44-,45-,46-,47-,48-,49-,52-,53-,54-/m0/s1. The molecule has 0 aromatic rings. The zero-order valence-corrected chi connectivity index (χ0v) is 64.8. The topological polar surface area (TPSA) is 552 Å². The molecule has 0 aromatic heterocycles. The van der Waals surface area contributed by atoms with Crippen molar-refractivity contribution in [2.75, 3.05) is 57.4 Å². The van der Waals surface area contributed by atoms with E-state index in [0.717, 1.165) is 21.6 Å².